The molecule has 1 aromatic carbocycles. The summed E-state index contributed by atoms with van der Waals surface area (Å²) in [4.78, 5) is 8.21. The number of halogens is 1. The Morgan fingerprint density at radius 1 is 1.05 bits per heavy atom. The van der Waals surface area contributed by atoms with Crippen molar-refractivity contribution >= 4 is 17.3 Å². The van der Waals surface area contributed by atoms with E-state index >= 15 is 0 Å². The number of hydrogen-bond donors (Lipinski definition) is 1. The minimum atomic E-state index is 0.463. The highest BCUT2D eigenvalue weighted by molar-refractivity contribution is 6.30. The zero-order valence-corrected chi connectivity index (χ0v) is 10.6. The lowest BCUT2D eigenvalue weighted by atomic mass is 10.1. The van der Waals surface area contributed by atoms with E-state index in [1.807, 2.05) is 30.5 Å². The molecule has 3 aromatic rings. The van der Waals surface area contributed by atoms with Crippen LogP contribution in [0.1, 0.15) is 0 Å². The Kier molecular flexibility index (Phi) is 2.89. The summed E-state index contributed by atoms with van der Waals surface area (Å²) >= 11 is 5.75. The van der Waals surface area contributed by atoms with Crippen LogP contribution in [-0.2, 0) is 0 Å². The van der Waals surface area contributed by atoms with E-state index in [1.54, 1.807) is 10.9 Å². The highest BCUT2D eigenvalue weighted by atomic mass is 35.5. The van der Waals surface area contributed by atoms with Crippen molar-refractivity contribution in [1.29, 1.82) is 0 Å². The molecule has 6 heteroatoms. The van der Waals surface area contributed by atoms with Crippen molar-refractivity contribution in [2.75, 3.05) is 5.73 Å². The smallest absolute Gasteiger partial charge is 0.250 e. The Labute approximate surface area is 114 Å². The molecule has 5 nitrogen and oxygen atoms in total. The minimum Gasteiger partial charge on any atom is -0.398 e. The maximum atomic E-state index is 5.93. The van der Waals surface area contributed by atoms with Crippen LogP contribution in [0, 0.1) is 0 Å². The van der Waals surface area contributed by atoms with Crippen molar-refractivity contribution in [3.05, 3.63) is 54.1 Å². The molecule has 0 fully saturated rings. The van der Waals surface area contributed by atoms with E-state index in [2.05, 4.69) is 15.1 Å². The fourth-order valence-electron chi connectivity index (χ4n) is 1.75. The fourth-order valence-corrected chi connectivity index (χ4v) is 1.85. The van der Waals surface area contributed by atoms with Crippen LogP contribution in [0.3, 0.4) is 0 Å². The SMILES string of the molecule is Nc1ccccc1-c1cnn(-c2ncc(Cl)cn2)c1. The summed E-state index contributed by atoms with van der Waals surface area (Å²) in [7, 11) is 0. The average Bonchev–Trinajstić information content (AvgIpc) is 2.89. The largest absolute Gasteiger partial charge is 0.398 e. The van der Waals surface area contributed by atoms with Crippen molar-refractivity contribution in [2.24, 2.45) is 0 Å². The topological polar surface area (TPSA) is 69.6 Å². The maximum absolute atomic E-state index is 5.93. The molecule has 3 rings (SSSR count). The van der Waals surface area contributed by atoms with E-state index in [4.69, 9.17) is 17.3 Å². The van der Waals surface area contributed by atoms with Gasteiger partial charge in [0.25, 0.3) is 5.95 Å². The van der Waals surface area contributed by atoms with Gasteiger partial charge in [-0.05, 0) is 6.07 Å². The lowest BCUT2D eigenvalue weighted by molar-refractivity contribution is 0.808. The Balaban J connectivity index is 2.00. The molecule has 2 aromatic heterocycles. The Bertz CT molecular complexity index is 705. The third kappa shape index (κ3) is 2.28. The molecule has 19 heavy (non-hydrogen) atoms. The second-order valence-electron chi connectivity index (χ2n) is 3.96. The molecule has 0 saturated carbocycles. The quantitative estimate of drug-likeness (QED) is 0.727. The third-order valence-corrected chi connectivity index (χ3v) is 2.86. The van der Waals surface area contributed by atoms with Gasteiger partial charge in [0.2, 0.25) is 0 Å². The van der Waals surface area contributed by atoms with Gasteiger partial charge in [-0.3, -0.25) is 0 Å². The molecule has 0 bridgehead atoms. The first-order chi connectivity index (χ1) is 9.24. The first kappa shape index (κ1) is 11.7. The summed E-state index contributed by atoms with van der Waals surface area (Å²) < 4.78 is 1.58. The van der Waals surface area contributed by atoms with E-state index in [9.17, 15) is 0 Å². The van der Waals surface area contributed by atoms with Crippen molar-refractivity contribution in [1.82, 2.24) is 19.7 Å². The summed E-state index contributed by atoms with van der Waals surface area (Å²) in [6.45, 7) is 0. The minimum absolute atomic E-state index is 0.463. The molecule has 0 saturated heterocycles. The number of rotatable bonds is 2. The molecular weight excluding hydrogens is 262 g/mol. The van der Waals surface area contributed by atoms with Gasteiger partial charge < -0.3 is 5.73 Å². The number of anilines is 1. The lowest BCUT2D eigenvalue weighted by Gasteiger charge is -2.01. The van der Waals surface area contributed by atoms with E-state index in [-0.39, 0.29) is 0 Å². The van der Waals surface area contributed by atoms with Crippen molar-refractivity contribution in [3.8, 4) is 17.1 Å². The number of hydrogen-bond acceptors (Lipinski definition) is 4. The lowest BCUT2D eigenvalue weighted by Crippen LogP contribution is -2.00. The Morgan fingerprint density at radius 3 is 2.53 bits per heavy atom. The van der Waals surface area contributed by atoms with Crippen molar-refractivity contribution in [3.63, 3.8) is 0 Å². The van der Waals surface area contributed by atoms with Crippen LogP contribution in [-0.4, -0.2) is 19.7 Å². The second-order valence-corrected chi connectivity index (χ2v) is 4.40. The molecule has 0 aliphatic rings. The zero-order valence-electron chi connectivity index (χ0n) is 9.86. The molecule has 94 valence electrons. The molecule has 0 atom stereocenters. The normalized spacial score (nSPS) is 10.6. The van der Waals surface area contributed by atoms with Gasteiger partial charge in [-0.15, -0.1) is 0 Å². The molecule has 0 aliphatic carbocycles. The number of benzene rings is 1. The van der Waals surface area contributed by atoms with E-state index in [0.29, 0.717) is 16.7 Å². The second kappa shape index (κ2) is 4.70. The molecule has 2 N–H and O–H groups in total. The van der Waals surface area contributed by atoms with Gasteiger partial charge in [-0.2, -0.15) is 5.10 Å². The van der Waals surface area contributed by atoms with Crippen LogP contribution in [0.4, 0.5) is 5.69 Å². The third-order valence-electron chi connectivity index (χ3n) is 2.67. The van der Waals surface area contributed by atoms with Gasteiger partial charge in [0.05, 0.1) is 23.6 Å². The maximum Gasteiger partial charge on any atom is 0.250 e. The summed E-state index contributed by atoms with van der Waals surface area (Å²) in [5, 5.41) is 4.72. The number of aromatic nitrogens is 4. The molecule has 0 amide bonds. The summed E-state index contributed by atoms with van der Waals surface area (Å²) in [5.74, 6) is 0.463. The molecule has 0 spiro atoms. The number of nitrogens with two attached hydrogens (primary N) is 1. The highest BCUT2D eigenvalue weighted by Gasteiger charge is 2.07. The highest BCUT2D eigenvalue weighted by Crippen LogP contribution is 2.25. The first-order valence-corrected chi connectivity index (χ1v) is 5.99. The summed E-state index contributed by atoms with van der Waals surface area (Å²) in [6.07, 6.45) is 6.61. The van der Waals surface area contributed by atoms with Crippen LogP contribution in [0.5, 0.6) is 0 Å². The monoisotopic (exact) mass is 271 g/mol. The summed E-state index contributed by atoms with van der Waals surface area (Å²) in [6, 6.07) is 7.62. The predicted molar refractivity (Wildman–Crippen MR) is 74.0 cm³/mol. The van der Waals surface area contributed by atoms with Crippen molar-refractivity contribution < 1.29 is 0 Å². The van der Waals surface area contributed by atoms with E-state index < -0.39 is 0 Å². The Morgan fingerprint density at radius 2 is 1.79 bits per heavy atom. The number of para-hydroxylation sites is 1. The average molecular weight is 272 g/mol. The number of nitrogens with zero attached hydrogens (tertiary/aromatic N) is 4. The summed E-state index contributed by atoms with van der Waals surface area (Å²) in [5.41, 5.74) is 8.49. The van der Waals surface area contributed by atoms with Crippen molar-refractivity contribution in [2.45, 2.75) is 0 Å². The molecule has 2 heterocycles. The molecule has 0 unspecified atom stereocenters. The predicted octanol–water partition coefficient (Wildman–Crippen LogP) is 2.56. The molecule has 0 aliphatic heterocycles. The van der Waals surface area contributed by atoms with Crippen LogP contribution in [0.2, 0.25) is 5.02 Å². The van der Waals surface area contributed by atoms with Gasteiger partial charge in [-0.1, -0.05) is 29.8 Å². The standard InChI is InChI=1S/C13H10ClN5/c14-10-6-16-13(17-7-10)19-8-9(5-18-19)11-3-1-2-4-12(11)15/h1-8H,15H2. The molecule has 0 radical (unpaired) electrons. The van der Waals surface area contributed by atoms with E-state index in [1.165, 1.54) is 12.4 Å². The van der Waals surface area contributed by atoms with Gasteiger partial charge in [0.1, 0.15) is 0 Å². The van der Waals surface area contributed by atoms with Crippen LogP contribution in [0.25, 0.3) is 17.1 Å². The van der Waals surface area contributed by atoms with Gasteiger partial charge in [-0.25, -0.2) is 14.6 Å². The first-order valence-electron chi connectivity index (χ1n) is 5.61. The van der Waals surface area contributed by atoms with Gasteiger partial charge in [0, 0.05) is 23.0 Å². The number of nitrogen functional groups attached to an aromatic ring is 1. The Hall–Kier alpha value is -2.40. The van der Waals surface area contributed by atoms with E-state index in [0.717, 1.165) is 11.1 Å². The van der Waals surface area contributed by atoms with Crippen LogP contribution in [0.15, 0.2) is 49.1 Å². The van der Waals surface area contributed by atoms with Crippen LogP contribution < -0.4 is 5.73 Å². The van der Waals surface area contributed by atoms with Gasteiger partial charge in [0.15, 0.2) is 0 Å². The fraction of sp³-hybridized carbons (Fsp3) is 0. The zero-order chi connectivity index (χ0) is 13.2. The molecular formula is C13H10ClN5. The van der Waals surface area contributed by atoms with Crippen LogP contribution >= 0.6 is 11.6 Å². The van der Waals surface area contributed by atoms with Gasteiger partial charge >= 0.3 is 0 Å².